The first kappa shape index (κ1) is 12.0. The summed E-state index contributed by atoms with van der Waals surface area (Å²) in [5.74, 6) is 0. The molecule has 1 atom stereocenters. The summed E-state index contributed by atoms with van der Waals surface area (Å²) in [4.78, 5) is 4.93. The monoisotopic (exact) mass is 199 g/mol. The Kier molecular flexibility index (Phi) is 5.45. The Bertz CT molecular complexity index is 141. The third kappa shape index (κ3) is 4.40. The van der Waals surface area contributed by atoms with Crippen molar-refractivity contribution in [2.24, 2.45) is 5.73 Å². The molecule has 1 heterocycles. The predicted molar refractivity (Wildman–Crippen MR) is 61.4 cm³/mol. The van der Waals surface area contributed by atoms with Crippen LogP contribution in [0, 0.1) is 0 Å². The van der Waals surface area contributed by atoms with E-state index in [4.69, 9.17) is 5.73 Å². The molecule has 2 N–H and O–H groups in total. The molecule has 1 saturated heterocycles. The van der Waals surface area contributed by atoms with Crippen LogP contribution in [0.25, 0.3) is 0 Å². The number of nitrogens with zero attached hydrogens (tertiary/aromatic N) is 2. The fourth-order valence-electron chi connectivity index (χ4n) is 1.94. The van der Waals surface area contributed by atoms with Gasteiger partial charge in [0.1, 0.15) is 0 Å². The second-order valence-electron chi connectivity index (χ2n) is 4.48. The second kappa shape index (κ2) is 6.38. The number of hydrogen-bond donors (Lipinski definition) is 1. The standard InChI is InChI=1S/C11H25N3/c1-3-4-11(12)5-6-14-9-7-13(2)8-10-14/h11H,3-10,12H2,1-2H3. The van der Waals surface area contributed by atoms with Gasteiger partial charge < -0.3 is 15.5 Å². The summed E-state index contributed by atoms with van der Waals surface area (Å²) in [5, 5.41) is 0. The predicted octanol–water partition coefficient (Wildman–Crippen LogP) is 0.751. The lowest BCUT2D eigenvalue weighted by atomic mass is 10.1. The molecule has 1 aliphatic heterocycles. The van der Waals surface area contributed by atoms with E-state index < -0.39 is 0 Å². The van der Waals surface area contributed by atoms with Crippen LogP contribution in [0.4, 0.5) is 0 Å². The normalized spacial score (nSPS) is 22.5. The first-order valence-electron chi connectivity index (χ1n) is 5.89. The van der Waals surface area contributed by atoms with E-state index in [2.05, 4.69) is 23.8 Å². The minimum absolute atomic E-state index is 0.416. The van der Waals surface area contributed by atoms with Gasteiger partial charge in [-0.25, -0.2) is 0 Å². The molecule has 0 aromatic rings. The molecule has 0 amide bonds. The van der Waals surface area contributed by atoms with Crippen molar-refractivity contribution >= 4 is 0 Å². The Morgan fingerprint density at radius 3 is 2.36 bits per heavy atom. The zero-order valence-electron chi connectivity index (χ0n) is 9.71. The molecule has 0 saturated carbocycles. The van der Waals surface area contributed by atoms with E-state index >= 15 is 0 Å². The maximum Gasteiger partial charge on any atom is 0.0110 e. The molecule has 3 nitrogen and oxygen atoms in total. The van der Waals surface area contributed by atoms with Crippen molar-refractivity contribution < 1.29 is 0 Å². The zero-order valence-corrected chi connectivity index (χ0v) is 9.71. The highest BCUT2D eigenvalue weighted by atomic mass is 15.2. The highest BCUT2D eigenvalue weighted by Crippen LogP contribution is 2.03. The van der Waals surface area contributed by atoms with Gasteiger partial charge in [-0.05, 0) is 26.4 Å². The van der Waals surface area contributed by atoms with Gasteiger partial charge in [0.15, 0.2) is 0 Å². The maximum absolute atomic E-state index is 5.99. The minimum atomic E-state index is 0.416. The molecule has 0 bridgehead atoms. The Hall–Kier alpha value is -0.120. The molecule has 0 aromatic heterocycles. The van der Waals surface area contributed by atoms with E-state index in [1.54, 1.807) is 0 Å². The van der Waals surface area contributed by atoms with Gasteiger partial charge in [0.2, 0.25) is 0 Å². The van der Waals surface area contributed by atoms with Crippen LogP contribution in [-0.4, -0.2) is 55.6 Å². The number of rotatable bonds is 5. The molecular weight excluding hydrogens is 174 g/mol. The van der Waals surface area contributed by atoms with Crippen LogP contribution in [0.5, 0.6) is 0 Å². The van der Waals surface area contributed by atoms with E-state index in [-0.39, 0.29) is 0 Å². The largest absolute Gasteiger partial charge is 0.328 e. The molecule has 1 fully saturated rings. The van der Waals surface area contributed by atoms with Crippen LogP contribution in [0.2, 0.25) is 0 Å². The molecular formula is C11H25N3. The van der Waals surface area contributed by atoms with E-state index in [1.807, 2.05) is 0 Å². The van der Waals surface area contributed by atoms with Gasteiger partial charge in [-0.1, -0.05) is 13.3 Å². The van der Waals surface area contributed by atoms with Crippen LogP contribution in [-0.2, 0) is 0 Å². The number of hydrogen-bond acceptors (Lipinski definition) is 3. The highest BCUT2D eigenvalue weighted by Gasteiger charge is 2.13. The summed E-state index contributed by atoms with van der Waals surface area (Å²) in [6.45, 7) is 8.25. The van der Waals surface area contributed by atoms with Gasteiger partial charge >= 0.3 is 0 Å². The van der Waals surface area contributed by atoms with Gasteiger partial charge in [-0.15, -0.1) is 0 Å². The fraction of sp³-hybridized carbons (Fsp3) is 1.00. The van der Waals surface area contributed by atoms with Gasteiger partial charge in [-0.2, -0.15) is 0 Å². The second-order valence-corrected chi connectivity index (χ2v) is 4.48. The van der Waals surface area contributed by atoms with Crippen molar-refractivity contribution in [2.75, 3.05) is 39.8 Å². The summed E-state index contributed by atoms with van der Waals surface area (Å²) in [7, 11) is 2.19. The molecule has 84 valence electrons. The third-order valence-corrected chi connectivity index (χ3v) is 3.07. The average Bonchev–Trinajstić information content (AvgIpc) is 2.17. The van der Waals surface area contributed by atoms with Crippen LogP contribution < -0.4 is 5.73 Å². The van der Waals surface area contributed by atoms with E-state index in [9.17, 15) is 0 Å². The van der Waals surface area contributed by atoms with Crippen molar-refractivity contribution in [3.8, 4) is 0 Å². The molecule has 0 radical (unpaired) electrons. The summed E-state index contributed by atoms with van der Waals surface area (Å²) in [5.41, 5.74) is 5.99. The fourth-order valence-corrected chi connectivity index (χ4v) is 1.94. The van der Waals surface area contributed by atoms with Crippen molar-refractivity contribution in [3.63, 3.8) is 0 Å². The molecule has 0 spiro atoms. The smallest absolute Gasteiger partial charge is 0.0110 e. The van der Waals surface area contributed by atoms with Crippen LogP contribution in [0.15, 0.2) is 0 Å². The lowest BCUT2D eigenvalue weighted by Gasteiger charge is -2.32. The summed E-state index contributed by atoms with van der Waals surface area (Å²) < 4.78 is 0. The van der Waals surface area contributed by atoms with Crippen molar-refractivity contribution in [3.05, 3.63) is 0 Å². The minimum Gasteiger partial charge on any atom is -0.328 e. The SMILES string of the molecule is CCCC(N)CCN1CCN(C)CC1. The summed E-state index contributed by atoms with van der Waals surface area (Å²) in [6.07, 6.45) is 3.55. The van der Waals surface area contributed by atoms with E-state index in [0.717, 1.165) is 6.42 Å². The highest BCUT2D eigenvalue weighted by molar-refractivity contribution is 4.71. The lowest BCUT2D eigenvalue weighted by molar-refractivity contribution is 0.150. The maximum atomic E-state index is 5.99. The van der Waals surface area contributed by atoms with Gasteiger partial charge in [-0.3, -0.25) is 0 Å². The summed E-state index contributed by atoms with van der Waals surface area (Å²) >= 11 is 0. The number of piperazine rings is 1. The molecule has 3 heteroatoms. The Balaban J connectivity index is 2.06. The number of likely N-dealkylation sites (N-methyl/N-ethyl adjacent to an activating group) is 1. The van der Waals surface area contributed by atoms with E-state index in [0.29, 0.717) is 6.04 Å². The van der Waals surface area contributed by atoms with Crippen molar-refractivity contribution in [1.29, 1.82) is 0 Å². The van der Waals surface area contributed by atoms with Crippen molar-refractivity contribution in [1.82, 2.24) is 9.80 Å². The molecule has 14 heavy (non-hydrogen) atoms. The number of nitrogens with two attached hydrogens (primary N) is 1. The molecule has 0 aromatic carbocycles. The zero-order chi connectivity index (χ0) is 10.4. The molecule has 1 unspecified atom stereocenters. The Morgan fingerprint density at radius 1 is 1.14 bits per heavy atom. The van der Waals surface area contributed by atoms with Crippen molar-refractivity contribution in [2.45, 2.75) is 32.2 Å². The molecule has 0 aliphatic carbocycles. The van der Waals surface area contributed by atoms with Crippen LogP contribution >= 0.6 is 0 Å². The third-order valence-electron chi connectivity index (χ3n) is 3.07. The van der Waals surface area contributed by atoms with Crippen LogP contribution in [0.1, 0.15) is 26.2 Å². The quantitative estimate of drug-likeness (QED) is 0.709. The average molecular weight is 199 g/mol. The van der Waals surface area contributed by atoms with Gasteiger partial charge in [0.05, 0.1) is 0 Å². The topological polar surface area (TPSA) is 32.5 Å². The summed E-state index contributed by atoms with van der Waals surface area (Å²) in [6, 6.07) is 0.416. The van der Waals surface area contributed by atoms with Crippen LogP contribution in [0.3, 0.4) is 0 Å². The molecule has 1 aliphatic rings. The first-order valence-corrected chi connectivity index (χ1v) is 5.89. The first-order chi connectivity index (χ1) is 6.72. The van der Waals surface area contributed by atoms with E-state index in [1.165, 1.54) is 45.6 Å². The van der Waals surface area contributed by atoms with Gasteiger partial charge in [0, 0.05) is 32.2 Å². The molecule has 1 rings (SSSR count). The Morgan fingerprint density at radius 2 is 1.79 bits per heavy atom. The Labute approximate surface area is 88.2 Å². The lowest BCUT2D eigenvalue weighted by Crippen LogP contribution is -2.45. The van der Waals surface area contributed by atoms with Gasteiger partial charge in [0.25, 0.3) is 0 Å².